The second-order valence-corrected chi connectivity index (χ2v) is 8.62. The number of allylic oxidation sites excluding steroid dienone is 1. The molecule has 1 aliphatic heterocycles. The number of hydrogen-bond acceptors (Lipinski definition) is 5. The van der Waals surface area contributed by atoms with Crippen molar-refractivity contribution in [2.75, 3.05) is 13.2 Å². The molecule has 1 fully saturated rings. The van der Waals surface area contributed by atoms with Crippen LogP contribution in [0.5, 0.6) is 0 Å². The second kappa shape index (κ2) is 10.1. The largest absolute Gasteiger partial charge is 0.480 e. The number of alkyl carbamates (subject to hydrolysis) is 1. The fourth-order valence-corrected chi connectivity index (χ4v) is 4.82. The topological polar surface area (TPSA) is 116 Å². The number of rotatable bonds is 8. The number of amides is 2. The van der Waals surface area contributed by atoms with Gasteiger partial charge in [-0.2, -0.15) is 0 Å². The van der Waals surface area contributed by atoms with Gasteiger partial charge in [-0.15, -0.1) is 6.58 Å². The Kier molecular flexibility index (Phi) is 6.98. The van der Waals surface area contributed by atoms with Crippen molar-refractivity contribution >= 4 is 18.0 Å². The SMILES string of the molecule is C=CCCC(NC(=O)OCC1c2ccccc2-c2ccccc21)C(=O)N1C[C@H](O)C[C@H]1C(=O)O. The molecule has 2 aromatic carbocycles. The van der Waals surface area contributed by atoms with Gasteiger partial charge < -0.3 is 25.2 Å². The number of ether oxygens (including phenoxy) is 1. The minimum Gasteiger partial charge on any atom is -0.480 e. The number of carbonyl (C=O) groups is 3. The van der Waals surface area contributed by atoms with Crippen molar-refractivity contribution < 1.29 is 29.3 Å². The van der Waals surface area contributed by atoms with Crippen LogP contribution in [0.1, 0.15) is 36.3 Å². The summed E-state index contributed by atoms with van der Waals surface area (Å²) in [4.78, 5) is 38.4. The van der Waals surface area contributed by atoms with Gasteiger partial charge in [0.25, 0.3) is 0 Å². The molecule has 2 aromatic rings. The van der Waals surface area contributed by atoms with Gasteiger partial charge in [0.05, 0.1) is 6.10 Å². The Morgan fingerprint density at radius 3 is 2.32 bits per heavy atom. The molecule has 2 aliphatic rings. The first-order valence-corrected chi connectivity index (χ1v) is 11.3. The summed E-state index contributed by atoms with van der Waals surface area (Å²) in [6.07, 6.45) is 0.586. The Hall–Kier alpha value is -3.65. The second-order valence-electron chi connectivity index (χ2n) is 8.62. The van der Waals surface area contributed by atoms with E-state index in [1.807, 2.05) is 48.5 Å². The predicted octanol–water partition coefficient (Wildman–Crippen LogP) is 2.91. The van der Waals surface area contributed by atoms with Crippen molar-refractivity contribution in [3.8, 4) is 11.1 Å². The molecule has 0 bridgehead atoms. The Bertz CT molecular complexity index is 1050. The number of benzene rings is 2. The Labute approximate surface area is 197 Å². The van der Waals surface area contributed by atoms with Crippen molar-refractivity contribution in [1.82, 2.24) is 10.2 Å². The maximum Gasteiger partial charge on any atom is 0.407 e. The van der Waals surface area contributed by atoms with Crippen LogP contribution in [-0.4, -0.2) is 64.4 Å². The molecule has 0 radical (unpaired) electrons. The van der Waals surface area contributed by atoms with Crippen LogP contribution < -0.4 is 5.32 Å². The quantitative estimate of drug-likeness (QED) is 0.518. The molecule has 0 spiro atoms. The van der Waals surface area contributed by atoms with Gasteiger partial charge in [0.15, 0.2) is 0 Å². The average Bonchev–Trinajstić information content (AvgIpc) is 3.38. The van der Waals surface area contributed by atoms with Crippen LogP contribution in [0.4, 0.5) is 4.79 Å². The lowest BCUT2D eigenvalue weighted by Crippen LogP contribution is -2.52. The zero-order valence-corrected chi connectivity index (χ0v) is 18.7. The summed E-state index contributed by atoms with van der Waals surface area (Å²) < 4.78 is 5.55. The van der Waals surface area contributed by atoms with Gasteiger partial charge in [-0.3, -0.25) is 4.79 Å². The van der Waals surface area contributed by atoms with E-state index in [-0.39, 0.29) is 31.9 Å². The summed E-state index contributed by atoms with van der Waals surface area (Å²) in [5.74, 6) is -1.86. The van der Waals surface area contributed by atoms with Crippen molar-refractivity contribution in [3.05, 3.63) is 72.3 Å². The monoisotopic (exact) mass is 464 g/mol. The maximum absolute atomic E-state index is 13.1. The van der Waals surface area contributed by atoms with Gasteiger partial charge >= 0.3 is 12.1 Å². The first kappa shape index (κ1) is 23.5. The van der Waals surface area contributed by atoms with Crippen LogP contribution in [0.25, 0.3) is 11.1 Å². The molecule has 178 valence electrons. The highest BCUT2D eigenvalue weighted by molar-refractivity contribution is 5.90. The molecule has 4 rings (SSSR count). The van der Waals surface area contributed by atoms with E-state index in [0.717, 1.165) is 27.2 Å². The molecule has 1 aliphatic carbocycles. The summed E-state index contributed by atoms with van der Waals surface area (Å²) in [7, 11) is 0. The van der Waals surface area contributed by atoms with Gasteiger partial charge in [0.2, 0.25) is 5.91 Å². The molecule has 2 amide bonds. The number of carbonyl (C=O) groups excluding carboxylic acids is 2. The van der Waals surface area contributed by atoms with E-state index < -0.39 is 36.2 Å². The molecule has 1 heterocycles. The number of hydrogen-bond donors (Lipinski definition) is 3. The molecule has 34 heavy (non-hydrogen) atoms. The van der Waals surface area contributed by atoms with E-state index in [1.54, 1.807) is 6.08 Å². The van der Waals surface area contributed by atoms with Crippen molar-refractivity contribution in [3.63, 3.8) is 0 Å². The van der Waals surface area contributed by atoms with E-state index >= 15 is 0 Å². The van der Waals surface area contributed by atoms with Crippen LogP contribution in [0.15, 0.2) is 61.2 Å². The van der Waals surface area contributed by atoms with Crippen LogP contribution in [0.3, 0.4) is 0 Å². The van der Waals surface area contributed by atoms with Crippen molar-refractivity contribution in [2.24, 2.45) is 0 Å². The van der Waals surface area contributed by atoms with E-state index in [9.17, 15) is 24.6 Å². The number of carboxylic acids is 1. The summed E-state index contributed by atoms with van der Waals surface area (Å²) >= 11 is 0. The van der Waals surface area contributed by atoms with E-state index in [4.69, 9.17) is 4.74 Å². The number of aliphatic carboxylic acids is 1. The van der Waals surface area contributed by atoms with Crippen LogP contribution >= 0.6 is 0 Å². The van der Waals surface area contributed by atoms with Gasteiger partial charge in [-0.05, 0) is 35.1 Å². The normalized spacial score (nSPS) is 19.7. The molecule has 8 heteroatoms. The average molecular weight is 465 g/mol. The molecular formula is C26H28N2O6. The number of fused-ring (bicyclic) bond motifs is 3. The summed E-state index contributed by atoms with van der Waals surface area (Å²) in [6, 6.07) is 13.9. The fraction of sp³-hybridized carbons (Fsp3) is 0.346. The lowest BCUT2D eigenvalue weighted by Gasteiger charge is -2.27. The van der Waals surface area contributed by atoms with Crippen molar-refractivity contribution in [2.45, 2.75) is 43.4 Å². The first-order valence-electron chi connectivity index (χ1n) is 11.3. The number of β-amino-alcohol motifs (C(OH)–C–C–N with tert-alkyl or cyclic N) is 1. The third kappa shape index (κ3) is 4.68. The molecule has 0 saturated carbocycles. The number of carboxylic acid groups (broad SMARTS) is 1. The minimum absolute atomic E-state index is 0.0415. The number of nitrogens with one attached hydrogen (secondary N) is 1. The number of aliphatic hydroxyl groups is 1. The molecule has 1 unspecified atom stereocenters. The minimum atomic E-state index is -1.19. The third-order valence-corrected chi connectivity index (χ3v) is 6.44. The molecule has 3 N–H and O–H groups in total. The molecular weight excluding hydrogens is 436 g/mol. The molecule has 8 nitrogen and oxygen atoms in total. The highest BCUT2D eigenvalue weighted by atomic mass is 16.5. The Balaban J connectivity index is 1.44. The Morgan fingerprint density at radius 2 is 1.74 bits per heavy atom. The summed E-state index contributed by atoms with van der Waals surface area (Å²) in [5.41, 5.74) is 4.37. The number of aliphatic hydroxyl groups excluding tert-OH is 1. The zero-order chi connectivity index (χ0) is 24.2. The number of nitrogens with zero attached hydrogens (tertiary/aromatic N) is 1. The number of likely N-dealkylation sites (tertiary alicyclic amines) is 1. The van der Waals surface area contributed by atoms with Gasteiger partial charge in [0, 0.05) is 18.9 Å². The zero-order valence-electron chi connectivity index (χ0n) is 18.7. The van der Waals surface area contributed by atoms with Gasteiger partial charge in [-0.1, -0.05) is 54.6 Å². The van der Waals surface area contributed by atoms with Crippen molar-refractivity contribution in [1.29, 1.82) is 0 Å². The molecule has 3 atom stereocenters. The van der Waals surface area contributed by atoms with Crippen LogP contribution in [0, 0.1) is 0 Å². The Morgan fingerprint density at radius 1 is 1.12 bits per heavy atom. The first-order chi connectivity index (χ1) is 16.4. The van der Waals surface area contributed by atoms with Gasteiger partial charge in [0.1, 0.15) is 18.7 Å². The van der Waals surface area contributed by atoms with Crippen LogP contribution in [-0.2, 0) is 14.3 Å². The standard InChI is InChI=1S/C26H28N2O6/c1-2-3-12-22(24(30)28-14-16(29)13-23(28)25(31)32)27-26(33)34-15-21-19-10-6-4-8-17(19)18-9-5-7-11-20(18)21/h2,4-11,16,21-23,29H,1,3,12-15H2,(H,27,33)(H,31,32)/t16-,22?,23+/m1/s1. The predicted molar refractivity (Wildman–Crippen MR) is 125 cm³/mol. The molecule has 1 saturated heterocycles. The lowest BCUT2D eigenvalue weighted by atomic mass is 9.98. The molecule has 0 aromatic heterocycles. The lowest BCUT2D eigenvalue weighted by molar-refractivity contribution is -0.149. The van der Waals surface area contributed by atoms with E-state index in [1.165, 1.54) is 0 Å². The summed E-state index contributed by atoms with van der Waals surface area (Å²) in [6.45, 7) is 3.66. The summed E-state index contributed by atoms with van der Waals surface area (Å²) in [5, 5.41) is 21.9. The van der Waals surface area contributed by atoms with Crippen LogP contribution in [0.2, 0.25) is 0 Å². The highest BCUT2D eigenvalue weighted by Crippen LogP contribution is 2.44. The fourth-order valence-electron chi connectivity index (χ4n) is 4.82. The highest BCUT2D eigenvalue weighted by Gasteiger charge is 2.41. The third-order valence-electron chi connectivity index (χ3n) is 6.44. The maximum atomic E-state index is 13.1. The van der Waals surface area contributed by atoms with Gasteiger partial charge in [-0.25, -0.2) is 9.59 Å². The van der Waals surface area contributed by atoms with E-state index in [2.05, 4.69) is 11.9 Å². The smallest absolute Gasteiger partial charge is 0.407 e. The van der Waals surface area contributed by atoms with E-state index in [0.29, 0.717) is 6.42 Å².